The topological polar surface area (TPSA) is 82.5 Å². The normalized spacial score (nSPS) is 11.8. The van der Waals surface area contributed by atoms with E-state index in [1.165, 1.54) is 12.1 Å². The van der Waals surface area contributed by atoms with Gasteiger partial charge in [0, 0.05) is 18.5 Å². The molecule has 1 atom stereocenters. The fourth-order valence-corrected chi connectivity index (χ4v) is 1.72. The van der Waals surface area contributed by atoms with Crippen molar-refractivity contribution < 1.29 is 15.0 Å². The van der Waals surface area contributed by atoms with Crippen molar-refractivity contribution in [3.8, 4) is 11.5 Å². The minimum atomic E-state index is -0.401. The van der Waals surface area contributed by atoms with Gasteiger partial charge in [-0.15, -0.1) is 0 Å². The molecule has 19 heavy (non-hydrogen) atoms. The van der Waals surface area contributed by atoms with Crippen molar-refractivity contribution in [3.63, 3.8) is 0 Å². The van der Waals surface area contributed by atoms with Gasteiger partial charge in [0.1, 0.15) is 11.5 Å². The lowest BCUT2D eigenvalue weighted by Gasteiger charge is -2.14. The van der Waals surface area contributed by atoms with Crippen molar-refractivity contribution in [3.05, 3.63) is 53.9 Å². The van der Waals surface area contributed by atoms with E-state index in [0.717, 1.165) is 11.6 Å². The maximum absolute atomic E-state index is 12.0. The van der Waals surface area contributed by atoms with Crippen LogP contribution < -0.4 is 5.32 Å². The first-order chi connectivity index (χ1) is 9.08. The van der Waals surface area contributed by atoms with Crippen LogP contribution in [0.5, 0.6) is 11.5 Å². The number of phenols is 2. The maximum atomic E-state index is 12.0. The number of nitrogens with one attached hydrogen (secondary N) is 1. The number of phenolic OH excluding ortho intramolecular Hbond substituents is 2. The number of aromatic hydroxyl groups is 2. The Morgan fingerprint density at radius 1 is 1.21 bits per heavy atom. The molecule has 1 heterocycles. The molecule has 1 aromatic heterocycles. The molecule has 0 saturated heterocycles. The Morgan fingerprint density at radius 3 is 2.53 bits per heavy atom. The third-order valence-electron chi connectivity index (χ3n) is 2.78. The molecule has 1 amide bonds. The molecule has 2 rings (SSSR count). The summed E-state index contributed by atoms with van der Waals surface area (Å²) >= 11 is 0. The highest BCUT2D eigenvalue weighted by atomic mass is 16.3. The number of carbonyl (C=O) groups excluding carboxylic acids is 1. The molecule has 0 aliphatic carbocycles. The number of hydrogen-bond acceptors (Lipinski definition) is 4. The Kier molecular flexibility index (Phi) is 3.66. The average Bonchev–Trinajstić information content (AvgIpc) is 2.39. The SMILES string of the molecule is CC(NC(=O)c1ccc(O)cc1O)c1ccncc1. The zero-order valence-corrected chi connectivity index (χ0v) is 10.4. The van der Waals surface area contributed by atoms with Gasteiger partial charge in [0.25, 0.3) is 5.91 Å². The number of carbonyl (C=O) groups is 1. The summed E-state index contributed by atoms with van der Waals surface area (Å²) in [4.78, 5) is 15.9. The number of amides is 1. The van der Waals surface area contributed by atoms with Crippen LogP contribution >= 0.6 is 0 Å². The fourth-order valence-electron chi connectivity index (χ4n) is 1.72. The van der Waals surface area contributed by atoms with Crippen molar-refractivity contribution in [2.24, 2.45) is 0 Å². The van der Waals surface area contributed by atoms with Crippen molar-refractivity contribution in [2.45, 2.75) is 13.0 Å². The van der Waals surface area contributed by atoms with Crippen LogP contribution in [0.3, 0.4) is 0 Å². The summed E-state index contributed by atoms with van der Waals surface area (Å²) in [6.07, 6.45) is 3.30. The molecule has 1 unspecified atom stereocenters. The Balaban J connectivity index is 2.13. The molecule has 0 aliphatic rings. The second-order valence-corrected chi connectivity index (χ2v) is 4.18. The monoisotopic (exact) mass is 258 g/mol. The zero-order chi connectivity index (χ0) is 13.8. The second kappa shape index (κ2) is 5.39. The molecule has 1 aromatic carbocycles. The Bertz CT molecular complexity index is 584. The van der Waals surface area contributed by atoms with Gasteiger partial charge in [-0.1, -0.05) is 0 Å². The van der Waals surface area contributed by atoms with Crippen LogP contribution in [0.1, 0.15) is 28.9 Å². The predicted octanol–water partition coefficient (Wildman–Crippen LogP) is 1.98. The van der Waals surface area contributed by atoms with Crippen molar-refractivity contribution in [1.82, 2.24) is 10.3 Å². The summed E-state index contributed by atoms with van der Waals surface area (Å²) in [6.45, 7) is 1.84. The van der Waals surface area contributed by atoms with Crippen LogP contribution in [0.2, 0.25) is 0 Å². The molecular formula is C14H14N2O3. The lowest BCUT2D eigenvalue weighted by Crippen LogP contribution is -2.26. The maximum Gasteiger partial charge on any atom is 0.255 e. The minimum absolute atomic E-state index is 0.0868. The Morgan fingerprint density at radius 2 is 1.89 bits per heavy atom. The Labute approximate surface area is 110 Å². The van der Waals surface area contributed by atoms with Crippen molar-refractivity contribution >= 4 is 5.91 Å². The molecule has 3 N–H and O–H groups in total. The second-order valence-electron chi connectivity index (χ2n) is 4.18. The van der Waals surface area contributed by atoms with Gasteiger partial charge >= 0.3 is 0 Å². The molecule has 0 aliphatic heterocycles. The van der Waals surface area contributed by atoms with Crippen LogP contribution in [0.4, 0.5) is 0 Å². The van der Waals surface area contributed by atoms with E-state index in [0.29, 0.717) is 0 Å². The van der Waals surface area contributed by atoms with Gasteiger partial charge in [0.05, 0.1) is 11.6 Å². The minimum Gasteiger partial charge on any atom is -0.508 e. The van der Waals surface area contributed by atoms with Crippen LogP contribution in [-0.2, 0) is 0 Å². The van der Waals surface area contributed by atoms with Crippen LogP contribution in [0.15, 0.2) is 42.7 Å². The average molecular weight is 258 g/mol. The molecule has 98 valence electrons. The smallest absolute Gasteiger partial charge is 0.255 e. The number of rotatable bonds is 3. The third kappa shape index (κ3) is 3.01. The first-order valence-electron chi connectivity index (χ1n) is 5.80. The zero-order valence-electron chi connectivity index (χ0n) is 10.4. The molecule has 5 nitrogen and oxygen atoms in total. The quantitative estimate of drug-likeness (QED) is 0.786. The Hall–Kier alpha value is -2.56. The molecule has 0 radical (unpaired) electrons. The standard InChI is InChI=1S/C14H14N2O3/c1-9(10-4-6-15-7-5-10)16-14(19)12-3-2-11(17)8-13(12)18/h2-9,17-18H,1H3,(H,16,19). The summed E-state index contributed by atoms with van der Waals surface area (Å²) in [5, 5.41) is 21.6. The molecule has 0 saturated carbocycles. The van der Waals surface area contributed by atoms with E-state index in [9.17, 15) is 15.0 Å². The first-order valence-corrected chi connectivity index (χ1v) is 5.80. The van der Waals surface area contributed by atoms with E-state index in [1.807, 2.05) is 19.1 Å². The van der Waals surface area contributed by atoms with E-state index in [1.54, 1.807) is 12.4 Å². The summed E-state index contributed by atoms with van der Waals surface area (Å²) in [5.41, 5.74) is 1.04. The van der Waals surface area contributed by atoms with E-state index in [4.69, 9.17) is 0 Å². The van der Waals surface area contributed by atoms with Gasteiger partial charge in [-0.05, 0) is 36.8 Å². The van der Waals surface area contributed by atoms with Gasteiger partial charge in [0.2, 0.25) is 0 Å². The number of hydrogen-bond donors (Lipinski definition) is 3. The van der Waals surface area contributed by atoms with Crippen molar-refractivity contribution in [1.29, 1.82) is 0 Å². The van der Waals surface area contributed by atoms with Gasteiger partial charge in [0.15, 0.2) is 0 Å². The van der Waals surface area contributed by atoms with Gasteiger partial charge in [-0.25, -0.2) is 0 Å². The van der Waals surface area contributed by atoms with E-state index >= 15 is 0 Å². The highest BCUT2D eigenvalue weighted by molar-refractivity contribution is 5.97. The van der Waals surface area contributed by atoms with Crippen LogP contribution in [-0.4, -0.2) is 21.1 Å². The summed E-state index contributed by atoms with van der Waals surface area (Å²) in [7, 11) is 0. The number of benzene rings is 1. The summed E-state index contributed by atoms with van der Waals surface area (Å²) in [5.74, 6) is -0.738. The molecule has 0 spiro atoms. The number of aromatic nitrogens is 1. The molecule has 5 heteroatoms. The summed E-state index contributed by atoms with van der Waals surface area (Å²) in [6, 6.07) is 7.27. The van der Waals surface area contributed by atoms with Gasteiger partial charge in [-0.2, -0.15) is 0 Å². The first kappa shape index (κ1) is 12.9. The fraction of sp³-hybridized carbons (Fsp3) is 0.143. The third-order valence-corrected chi connectivity index (χ3v) is 2.78. The van der Waals surface area contributed by atoms with Crippen LogP contribution in [0, 0.1) is 0 Å². The number of pyridine rings is 1. The lowest BCUT2D eigenvalue weighted by atomic mass is 10.1. The molecule has 0 bridgehead atoms. The van der Waals surface area contributed by atoms with E-state index in [-0.39, 0.29) is 23.1 Å². The summed E-state index contributed by atoms with van der Waals surface area (Å²) < 4.78 is 0. The van der Waals surface area contributed by atoms with Gasteiger partial charge in [-0.3, -0.25) is 9.78 Å². The van der Waals surface area contributed by atoms with Gasteiger partial charge < -0.3 is 15.5 Å². The van der Waals surface area contributed by atoms with E-state index in [2.05, 4.69) is 10.3 Å². The highest BCUT2D eigenvalue weighted by Gasteiger charge is 2.14. The highest BCUT2D eigenvalue weighted by Crippen LogP contribution is 2.23. The predicted molar refractivity (Wildman–Crippen MR) is 69.9 cm³/mol. The number of nitrogens with zero attached hydrogens (tertiary/aromatic N) is 1. The van der Waals surface area contributed by atoms with E-state index < -0.39 is 5.91 Å². The molecular weight excluding hydrogens is 244 g/mol. The lowest BCUT2D eigenvalue weighted by molar-refractivity contribution is 0.0937. The molecule has 0 fully saturated rings. The van der Waals surface area contributed by atoms with Crippen molar-refractivity contribution in [2.75, 3.05) is 0 Å². The largest absolute Gasteiger partial charge is 0.508 e. The molecule has 2 aromatic rings. The van der Waals surface area contributed by atoms with Crippen LogP contribution in [0.25, 0.3) is 0 Å².